The van der Waals surface area contributed by atoms with Crippen LogP contribution in [0.15, 0.2) is 65.7 Å². The molecule has 2 aromatic rings. The molecule has 162 valence electrons. The van der Waals surface area contributed by atoms with Gasteiger partial charge in [-0.25, -0.2) is 4.99 Å². The number of carbonyl (C=O) groups is 1. The Morgan fingerprint density at radius 3 is 2.13 bits per heavy atom. The molecule has 0 aliphatic heterocycles. The topological polar surface area (TPSA) is 85.8 Å². The molecular formula is C24H34N4O2. The van der Waals surface area contributed by atoms with Crippen LogP contribution in [0.2, 0.25) is 0 Å². The molecule has 6 heteroatoms. The van der Waals surface area contributed by atoms with Crippen molar-refractivity contribution < 1.29 is 9.90 Å². The van der Waals surface area contributed by atoms with Crippen LogP contribution in [0.1, 0.15) is 38.8 Å². The van der Waals surface area contributed by atoms with E-state index in [2.05, 4.69) is 20.9 Å². The van der Waals surface area contributed by atoms with E-state index in [-0.39, 0.29) is 24.5 Å². The van der Waals surface area contributed by atoms with Gasteiger partial charge in [0.05, 0.1) is 6.54 Å². The first-order chi connectivity index (χ1) is 14.2. The zero-order chi connectivity index (χ0) is 22.0. The molecule has 0 spiro atoms. The minimum atomic E-state index is -1.13. The molecule has 1 atom stereocenters. The predicted molar refractivity (Wildman–Crippen MR) is 122 cm³/mol. The Bertz CT molecular complexity index is 816. The van der Waals surface area contributed by atoms with Crippen LogP contribution in [-0.4, -0.2) is 42.1 Å². The Hall–Kier alpha value is -2.86. The van der Waals surface area contributed by atoms with E-state index in [1.165, 1.54) is 0 Å². The van der Waals surface area contributed by atoms with Crippen molar-refractivity contribution in [2.75, 3.05) is 19.6 Å². The first-order valence-electron chi connectivity index (χ1n) is 10.4. The summed E-state index contributed by atoms with van der Waals surface area (Å²) < 4.78 is 0. The Labute approximate surface area is 179 Å². The number of benzene rings is 2. The van der Waals surface area contributed by atoms with Crippen molar-refractivity contribution >= 4 is 11.9 Å². The lowest BCUT2D eigenvalue weighted by atomic mass is 9.87. The van der Waals surface area contributed by atoms with E-state index >= 15 is 0 Å². The molecule has 0 bridgehead atoms. The van der Waals surface area contributed by atoms with E-state index in [0.29, 0.717) is 18.9 Å². The fourth-order valence-electron chi connectivity index (χ4n) is 3.13. The summed E-state index contributed by atoms with van der Waals surface area (Å²) in [6.07, 6.45) is 0.453. The van der Waals surface area contributed by atoms with Gasteiger partial charge in [0, 0.05) is 18.5 Å². The number of aliphatic hydroxyl groups is 1. The zero-order valence-corrected chi connectivity index (χ0v) is 18.4. The molecule has 4 N–H and O–H groups in total. The molecule has 0 aliphatic carbocycles. The average molecular weight is 411 g/mol. The molecule has 0 aromatic heterocycles. The zero-order valence-electron chi connectivity index (χ0n) is 18.4. The molecule has 1 amide bonds. The van der Waals surface area contributed by atoms with E-state index in [4.69, 9.17) is 0 Å². The summed E-state index contributed by atoms with van der Waals surface area (Å²) in [6.45, 7) is 8.66. The molecule has 0 fully saturated rings. The smallest absolute Gasteiger partial charge is 0.242 e. The van der Waals surface area contributed by atoms with Gasteiger partial charge in [-0.15, -0.1) is 0 Å². The summed E-state index contributed by atoms with van der Waals surface area (Å²) in [5.74, 6) is 0.339. The van der Waals surface area contributed by atoms with E-state index in [1.807, 2.05) is 88.4 Å². The van der Waals surface area contributed by atoms with Crippen LogP contribution in [0.25, 0.3) is 0 Å². The number of hydrogen-bond donors (Lipinski definition) is 4. The van der Waals surface area contributed by atoms with Gasteiger partial charge >= 0.3 is 0 Å². The summed E-state index contributed by atoms with van der Waals surface area (Å²) in [5, 5.41) is 20.8. The number of amides is 1. The number of aliphatic imine (C=N–C) groups is 1. The number of guanidine groups is 1. The highest BCUT2D eigenvalue weighted by Gasteiger charge is 2.30. The second-order valence-electron chi connectivity index (χ2n) is 8.41. The minimum absolute atomic E-state index is 0.00898. The third kappa shape index (κ3) is 7.87. The summed E-state index contributed by atoms with van der Waals surface area (Å²) in [5.41, 5.74) is 0.425. The van der Waals surface area contributed by atoms with Gasteiger partial charge in [0.1, 0.15) is 12.1 Å². The fourth-order valence-corrected chi connectivity index (χ4v) is 3.13. The van der Waals surface area contributed by atoms with Crippen LogP contribution in [0.3, 0.4) is 0 Å². The Morgan fingerprint density at radius 1 is 0.967 bits per heavy atom. The lowest BCUT2D eigenvalue weighted by Crippen LogP contribution is -2.47. The first-order valence-corrected chi connectivity index (χ1v) is 10.4. The third-order valence-electron chi connectivity index (χ3n) is 4.44. The van der Waals surface area contributed by atoms with Crippen LogP contribution < -0.4 is 16.0 Å². The average Bonchev–Trinajstić information content (AvgIpc) is 2.70. The molecule has 30 heavy (non-hydrogen) atoms. The van der Waals surface area contributed by atoms with Gasteiger partial charge in [-0.2, -0.15) is 0 Å². The second kappa shape index (κ2) is 10.8. The van der Waals surface area contributed by atoms with Crippen molar-refractivity contribution in [3.8, 4) is 0 Å². The monoisotopic (exact) mass is 410 g/mol. The molecule has 2 aromatic carbocycles. The molecule has 0 saturated carbocycles. The van der Waals surface area contributed by atoms with Crippen LogP contribution in [0, 0.1) is 0 Å². The molecule has 2 rings (SSSR count). The SMILES string of the molecule is CCNC(=NCC(=O)NC(C)(C)C)NCC(O)(Cc1ccccc1)c1ccccc1. The summed E-state index contributed by atoms with van der Waals surface area (Å²) >= 11 is 0. The molecular weight excluding hydrogens is 376 g/mol. The van der Waals surface area contributed by atoms with Crippen molar-refractivity contribution in [1.82, 2.24) is 16.0 Å². The molecule has 0 aliphatic rings. The number of hydrogen-bond acceptors (Lipinski definition) is 3. The lowest BCUT2D eigenvalue weighted by Gasteiger charge is -2.30. The van der Waals surface area contributed by atoms with Gasteiger partial charge in [0.15, 0.2) is 5.96 Å². The van der Waals surface area contributed by atoms with Gasteiger partial charge < -0.3 is 21.1 Å². The molecule has 0 heterocycles. The summed E-state index contributed by atoms with van der Waals surface area (Å²) in [6, 6.07) is 19.5. The normalized spacial score (nSPS) is 14.0. The van der Waals surface area contributed by atoms with Crippen LogP contribution >= 0.6 is 0 Å². The fraction of sp³-hybridized carbons (Fsp3) is 0.417. The van der Waals surface area contributed by atoms with Gasteiger partial charge in [-0.1, -0.05) is 60.7 Å². The molecule has 0 saturated heterocycles. The molecule has 6 nitrogen and oxygen atoms in total. The van der Waals surface area contributed by atoms with E-state index in [1.54, 1.807) is 0 Å². The Balaban J connectivity index is 2.15. The number of rotatable bonds is 8. The maximum Gasteiger partial charge on any atom is 0.242 e. The minimum Gasteiger partial charge on any atom is -0.383 e. The summed E-state index contributed by atoms with van der Waals surface area (Å²) in [4.78, 5) is 16.5. The number of nitrogens with zero attached hydrogens (tertiary/aromatic N) is 1. The first kappa shape index (κ1) is 23.4. The van der Waals surface area contributed by atoms with Crippen molar-refractivity contribution in [2.24, 2.45) is 4.99 Å². The number of nitrogens with one attached hydrogen (secondary N) is 3. The molecule has 1 unspecified atom stereocenters. The van der Waals surface area contributed by atoms with Crippen molar-refractivity contribution in [2.45, 2.75) is 45.3 Å². The van der Waals surface area contributed by atoms with Crippen molar-refractivity contribution in [3.63, 3.8) is 0 Å². The van der Waals surface area contributed by atoms with E-state index in [0.717, 1.165) is 11.1 Å². The van der Waals surface area contributed by atoms with Crippen molar-refractivity contribution in [1.29, 1.82) is 0 Å². The standard InChI is InChI=1S/C24H34N4O2/c1-5-25-22(26-17-21(29)28-23(2,3)4)27-18-24(30,20-14-10-7-11-15-20)16-19-12-8-6-9-13-19/h6-15,30H,5,16-18H2,1-4H3,(H,28,29)(H2,25,26,27). The van der Waals surface area contributed by atoms with Crippen LogP contribution in [0.5, 0.6) is 0 Å². The van der Waals surface area contributed by atoms with Gasteiger partial charge in [0.2, 0.25) is 5.91 Å². The highest BCUT2D eigenvalue weighted by Crippen LogP contribution is 2.25. The van der Waals surface area contributed by atoms with E-state index in [9.17, 15) is 9.90 Å². The lowest BCUT2D eigenvalue weighted by molar-refractivity contribution is -0.121. The highest BCUT2D eigenvalue weighted by atomic mass is 16.3. The van der Waals surface area contributed by atoms with E-state index < -0.39 is 5.60 Å². The van der Waals surface area contributed by atoms with Gasteiger partial charge in [-0.3, -0.25) is 4.79 Å². The Kier molecular flexibility index (Phi) is 8.42. The highest BCUT2D eigenvalue weighted by molar-refractivity contribution is 5.85. The quantitative estimate of drug-likeness (QED) is 0.398. The van der Waals surface area contributed by atoms with Crippen LogP contribution in [0.4, 0.5) is 0 Å². The Morgan fingerprint density at radius 2 is 1.57 bits per heavy atom. The maximum atomic E-state index is 12.1. The predicted octanol–water partition coefficient (Wildman–Crippen LogP) is 2.59. The largest absolute Gasteiger partial charge is 0.383 e. The van der Waals surface area contributed by atoms with Gasteiger partial charge in [0.25, 0.3) is 0 Å². The maximum absolute atomic E-state index is 12.1. The van der Waals surface area contributed by atoms with Crippen LogP contribution in [-0.2, 0) is 16.8 Å². The molecule has 0 radical (unpaired) electrons. The van der Waals surface area contributed by atoms with Crippen molar-refractivity contribution in [3.05, 3.63) is 71.8 Å². The third-order valence-corrected chi connectivity index (χ3v) is 4.44. The number of carbonyl (C=O) groups excluding carboxylic acids is 1. The summed E-state index contributed by atoms with van der Waals surface area (Å²) in [7, 11) is 0. The second-order valence-corrected chi connectivity index (χ2v) is 8.41. The van der Waals surface area contributed by atoms with Gasteiger partial charge in [-0.05, 0) is 38.8 Å².